The van der Waals surface area contributed by atoms with Crippen LogP contribution in [0, 0.1) is 15.5 Å². The molecule has 2 aromatic heterocycles. The number of anilines is 1. The Hall–Kier alpha value is -5.14. The van der Waals surface area contributed by atoms with Gasteiger partial charge < -0.3 is 25.0 Å². The van der Waals surface area contributed by atoms with Gasteiger partial charge in [0.05, 0.1) is 24.8 Å². The van der Waals surface area contributed by atoms with E-state index in [1.54, 1.807) is 24.4 Å². The Kier molecular flexibility index (Phi) is 8.97. The van der Waals surface area contributed by atoms with Crippen molar-refractivity contribution in [1.82, 2.24) is 19.8 Å². The predicted octanol–water partition coefficient (Wildman–Crippen LogP) is 4.65. The average molecular weight is 600 g/mol. The number of carbonyl (C=O) groups is 1. The summed E-state index contributed by atoms with van der Waals surface area (Å²) >= 11 is 0. The van der Waals surface area contributed by atoms with Crippen molar-refractivity contribution in [3.05, 3.63) is 81.9 Å². The number of methoxy groups -OCH3 is 1. The first-order valence-corrected chi connectivity index (χ1v) is 14.0. The summed E-state index contributed by atoms with van der Waals surface area (Å²) < 4.78 is 16.9. The van der Waals surface area contributed by atoms with Gasteiger partial charge in [-0.3, -0.25) is 19.9 Å². The number of hydrogen-bond donors (Lipinski definition) is 2. The zero-order chi connectivity index (χ0) is 31.4. The van der Waals surface area contributed by atoms with Crippen LogP contribution >= 0.6 is 0 Å². The van der Waals surface area contributed by atoms with E-state index in [4.69, 9.17) is 25.0 Å². The second kappa shape index (κ2) is 13.0. The number of nitrogens with two attached hydrogens (primary N) is 1. The third kappa shape index (κ3) is 6.58. The van der Waals surface area contributed by atoms with Gasteiger partial charge in [-0.05, 0) is 49.7 Å². The molecule has 0 spiro atoms. The van der Waals surface area contributed by atoms with Gasteiger partial charge in [-0.1, -0.05) is 0 Å². The molecule has 0 amide bonds. The molecule has 13 heteroatoms. The minimum atomic E-state index is -0.763. The lowest BCUT2D eigenvalue weighted by Crippen LogP contribution is -2.48. The number of oxazole rings is 1. The molecule has 3 heterocycles. The van der Waals surface area contributed by atoms with Gasteiger partial charge in [0.25, 0.3) is 5.69 Å². The molecule has 0 bridgehead atoms. The normalized spacial score (nSPS) is 14.0. The Balaban J connectivity index is 1.41. The highest BCUT2D eigenvalue weighted by molar-refractivity contribution is 5.97. The molecule has 5 rings (SSSR count). The van der Waals surface area contributed by atoms with E-state index in [9.17, 15) is 14.9 Å². The lowest BCUT2D eigenvalue weighted by Gasteiger charge is -2.36. The van der Waals surface area contributed by atoms with Crippen LogP contribution in [0.3, 0.4) is 0 Å². The quantitative estimate of drug-likeness (QED) is 0.0649. The molecular weight excluding hydrogens is 566 g/mol. The minimum Gasteiger partial charge on any atom is -0.480 e. The van der Waals surface area contributed by atoms with Crippen LogP contribution in [0.25, 0.3) is 22.6 Å². The molecule has 1 aliphatic rings. The van der Waals surface area contributed by atoms with Crippen molar-refractivity contribution in [3.8, 4) is 34.2 Å². The summed E-state index contributed by atoms with van der Waals surface area (Å²) in [4.78, 5) is 37.1. The number of aromatic nitrogens is 2. The van der Waals surface area contributed by atoms with Gasteiger partial charge in [0.15, 0.2) is 0 Å². The molecule has 0 radical (unpaired) electrons. The van der Waals surface area contributed by atoms with E-state index < -0.39 is 10.9 Å². The van der Waals surface area contributed by atoms with Crippen molar-refractivity contribution in [2.24, 2.45) is 0 Å². The molecule has 3 N–H and O–H groups in total. The molecular formula is C31H33N7O6. The summed E-state index contributed by atoms with van der Waals surface area (Å²) in [5, 5.41) is 18.9. The number of ether oxygens (including phenoxy) is 2. The van der Waals surface area contributed by atoms with Crippen LogP contribution in [0.1, 0.15) is 35.5 Å². The fourth-order valence-corrected chi connectivity index (χ4v) is 5.06. The van der Waals surface area contributed by atoms with Crippen molar-refractivity contribution in [1.29, 1.82) is 5.41 Å². The number of rotatable bonds is 10. The third-order valence-corrected chi connectivity index (χ3v) is 7.51. The van der Waals surface area contributed by atoms with Gasteiger partial charge in [-0.2, -0.15) is 0 Å². The number of nitro benzene ring substituents is 1. The fourth-order valence-electron chi connectivity index (χ4n) is 5.06. The molecule has 0 atom stereocenters. The smallest absolute Gasteiger partial charge is 0.349 e. The number of benzene rings is 2. The summed E-state index contributed by atoms with van der Waals surface area (Å²) in [6, 6.07) is 10.7. The molecule has 0 unspecified atom stereocenters. The van der Waals surface area contributed by atoms with Crippen LogP contribution in [0.4, 0.5) is 11.4 Å². The Morgan fingerprint density at radius 3 is 2.48 bits per heavy atom. The summed E-state index contributed by atoms with van der Waals surface area (Å²) in [7, 11) is 1.38. The summed E-state index contributed by atoms with van der Waals surface area (Å²) in [5.74, 6) is 0.432. The Morgan fingerprint density at radius 1 is 1.11 bits per heavy atom. The number of esters is 1. The number of nitrogen functional groups attached to an aromatic ring is 1. The molecule has 0 aliphatic carbocycles. The number of non-ortho nitro benzene ring substituents is 1. The number of hydrogen-bond acceptors (Lipinski definition) is 12. The van der Waals surface area contributed by atoms with Crippen molar-refractivity contribution >= 4 is 23.6 Å². The first-order valence-electron chi connectivity index (χ1n) is 14.0. The highest BCUT2D eigenvalue weighted by atomic mass is 16.6. The number of piperazine rings is 1. The molecule has 1 fully saturated rings. The van der Waals surface area contributed by atoms with Crippen LogP contribution in [-0.4, -0.2) is 76.2 Å². The van der Waals surface area contributed by atoms with Crippen LogP contribution in [0.15, 0.2) is 59.3 Å². The number of nitrogens with one attached hydrogen (secondary N) is 1. The van der Waals surface area contributed by atoms with Gasteiger partial charge in [0, 0.05) is 79.1 Å². The molecule has 228 valence electrons. The van der Waals surface area contributed by atoms with Crippen LogP contribution < -0.4 is 15.2 Å². The molecule has 4 aromatic rings. The lowest BCUT2D eigenvalue weighted by atomic mass is 9.97. The third-order valence-electron chi connectivity index (χ3n) is 7.51. The Labute approximate surface area is 253 Å². The number of carbonyl (C=O) groups excluding carboxylic acids is 1. The molecule has 2 aromatic carbocycles. The largest absolute Gasteiger partial charge is 0.480 e. The van der Waals surface area contributed by atoms with E-state index >= 15 is 0 Å². The van der Waals surface area contributed by atoms with Gasteiger partial charge in [0.1, 0.15) is 17.1 Å². The maximum absolute atomic E-state index is 13.1. The van der Waals surface area contributed by atoms with E-state index in [-0.39, 0.29) is 22.9 Å². The first kappa shape index (κ1) is 30.3. The van der Waals surface area contributed by atoms with Crippen molar-refractivity contribution < 1.29 is 23.6 Å². The van der Waals surface area contributed by atoms with E-state index in [0.717, 1.165) is 32.4 Å². The molecule has 1 saturated heterocycles. The standard InChI is InChI=1S/C31H33N7O6/c1-19(2)37-10-8-36(9-11-37)18-24-17-35-30(43-24)25-12-20(14-28(33)27(25)15-32)21-13-26(29(42-3)34-16-21)31(39)44-23-6-4-22(5-7-23)38(40)41/h4-7,12-17,19,32H,8-11,18,33H2,1-3H3. The Morgan fingerprint density at radius 2 is 1.84 bits per heavy atom. The maximum Gasteiger partial charge on any atom is 0.349 e. The first-order chi connectivity index (χ1) is 21.2. The monoisotopic (exact) mass is 599 g/mol. The maximum atomic E-state index is 13.1. The minimum absolute atomic E-state index is 0.0376. The van der Waals surface area contributed by atoms with Crippen LogP contribution in [0.5, 0.6) is 11.6 Å². The van der Waals surface area contributed by atoms with Crippen molar-refractivity contribution in [2.75, 3.05) is 39.0 Å². The van der Waals surface area contributed by atoms with E-state index in [1.807, 2.05) is 0 Å². The number of nitrogens with zero attached hydrogens (tertiary/aromatic N) is 5. The zero-order valence-electron chi connectivity index (χ0n) is 24.6. The van der Waals surface area contributed by atoms with Crippen molar-refractivity contribution in [3.63, 3.8) is 0 Å². The van der Waals surface area contributed by atoms with Gasteiger partial charge in [-0.15, -0.1) is 0 Å². The second-order valence-corrected chi connectivity index (χ2v) is 10.6. The van der Waals surface area contributed by atoms with Gasteiger partial charge >= 0.3 is 5.97 Å². The Bertz CT molecular complexity index is 1680. The van der Waals surface area contributed by atoms with E-state index in [2.05, 4.69) is 33.6 Å². The summed E-state index contributed by atoms with van der Waals surface area (Å²) in [6.07, 6.45) is 4.38. The highest BCUT2D eigenvalue weighted by Gasteiger charge is 2.22. The molecule has 44 heavy (non-hydrogen) atoms. The predicted molar refractivity (Wildman–Crippen MR) is 164 cm³/mol. The fraction of sp³-hybridized carbons (Fsp3) is 0.290. The number of pyridine rings is 1. The summed E-state index contributed by atoms with van der Waals surface area (Å²) in [5.41, 5.74) is 8.71. The van der Waals surface area contributed by atoms with Crippen LogP contribution in [0.2, 0.25) is 0 Å². The van der Waals surface area contributed by atoms with Gasteiger partial charge in [0.2, 0.25) is 11.8 Å². The molecule has 0 saturated carbocycles. The van der Waals surface area contributed by atoms with E-state index in [0.29, 0.717) is 52.2 Å². The average Bonchev–Trinajstić information content (AvgIpc) is 3.49. The molecule has 13 nitrogen and oxygen atoms in total. The van der Waals surface area contributed by atoms with Gasteiger partial charge in [-0.25, -0.2) is 14.8 Å². The SMILES string of the molecule is COc1ncc(-c2cc(N)c(C=N)c(-c3ncc(CN4CCN(C(C)C)CC4)o3)c2)cc1C(=O)Oc1ccc([N+](=O)[O-])cc1. The molecule has 1 aliphatic heterocycles. The second-order valence-electron chi connectivity index (χ2n) is 10.6. The summed E-state index contributed by atoms with van der Waals surface area (Å²) in [6.45, 7) is 8.88. The topological polar surface area (TPSA) is 174 Å². The van der Waals surface area contributed by atoms with E-state index in [1.165, 1.54) is 37.6 Å². The highest BCUT2D eigenvalue weighted by Crippen LogP contribution is 2.34. The van der Waals surface area contributed by atoms with Crippen LogP contribution in [-0.2, 0) is 6.54 Å². The number of nitro groups is 1. The zero-order valence-corrected chi connectivity index (χ0v) is 24.6. The lowest BCUT2D eigenvalue weighted by molar-refractivity contribution is -0.384. The van der Waals surface area contributed by atoms with Crippen molar-refractivity contribution in [2.45, 2.75) is 26.4 Å².